The first-order chi connectivity index (χ1) is 8.63. The molecular formula is C15H18N2S. The topological polar surface area (TPSA) is 38.9 Å². The van der Waals surface area contributed by atoms with E-state index >= 15 is 0 Å². The molecule has 1 aromatic carbocycles. The van der Waals surface area contributed by atoms with Gasteiger partial charge >= 0.3 is 0 Å². The summed E-state index contributed by atoms with van der Waals surface area (Å²) >= 11 is 1.84. The largest absolute Gasteiger partial charge is 0.398 e. The number of nitrogens with zero attached hydrogens (tertiary/aromatic N) is 1. The maximum Gasteiger partial charge on any atom is 0.123 e. The Kier molecular flexibility index (Phi) is 2.86. The van der Waals surface area contributed by atoms with Gasteiger partial charge in [-0.05, 0) is 43.7 Å². The summed E-state index contributed by atoms with van der Waals surface area (Å²) in [6.07, 6.45) is 3.59. The fourth-order valence-electron chi connectivity index (χ4n) is 2.44. The number of nitrogens with two attached hydrogens (primary N) is 1. The summed E-state index contributed by atoms with van der Waals surface area (Å²) in [6, 6.07) is 6.25. The Labute approximate surface area is 112 Å². The van der Waals surface area contributed by atoms with Crippen LogP contribution < -0.4 is 5.73 Å². The zero-order chi connectivity index (χ0) is 12.7. The molecular weight excluding hydrogens is 240 g/mol. The van der Waals surface area contributed by atoms with Crippen LogP contribution in [0.25, 0.3) is 10.6 Å². The minimum atomic E-state index is 0.800. The number of hydrogen-bond acceptors (Lipinski definition) is 3. The summed E-state index contributed by atoms with van der Waals surface area (Å²) in [7, 11) is 0. The van der Waals surface area contributed by atoms with Crippen molar-refractivity contribution >= 4 is 17.0 Å². The molecule has 1 aliphatic carbocycles. The molecule has 2 nitrogen and oxygen atoms in total. The third kappa shape index (κ3) is 2.03. The van der Waals surface area contributed by atoms with Crippen LogP contribution in [0.15, 0.2) is 18.2 Å². The van der Waals surface area contributed by atoms with Crippen molar-refractivity contribution in [2.75, 3.05) is 5.73 Å². The highest BCUT2D eigenvalue weighted by atomic mass is 32.1. The predicted octanol–water partition coefficient (Wildman–Crippen LogP) is 3.83. The van der Waals surface area contributed by atoms with Crippen LogP contribution in [-0.4, -0.2) is 4.98 Å². The van der Waals surface area contributed by atoms with Crippen LogP contribution in [0.4, 0.5) is 5.69 Å². The number of fused-ring (bicyclic) bond motifs is 1. The highest BCUT2D eigenvalue weighted by molar-refractivity contribution is 7.15. The van der Waals surface area contributed by atoms with Crippen molar-refractivity contribution in [3.63, 3.8) is 0 Å². The molecule has 0 saturated carbocycles. The average Bonchev–Trinajstić information content (AvgIpc) is 2.75. The minimum Gasteiger partial charge on any atom is -0.398 e. The van der Waals surface area contributed by atoms with Gasteiger partial charge in [0.25, 0.3) is 0 Å². The zero-order valence-electron chi connectivity index (χ0n) is 10.9. The molecule has 0 radical (unpaired) electrons. The number of aryl methyl sites for hydroxylation is 2. The molecule has 0 bridgehead atoms. The first-order valence-corrected chi connectivity index (χ1v) is 7.30. The van der Waals surface area contributed by atoms with E-state index in [0.29, 0.717) is 0 Å². The Morgan fingerprint density at radius 2 is 2.22 bits per heavy atom. The van der Waals surface area contributed by atoms with Crippen molar-refractivity contribution in [2.45, 2.75) is 33.1 Å². The van der Waals surface area contributed by atoms with Crippen LogP contribution in [0.2, 0.25) is 0 Å². The van der Waals surface area contributed by atoms with Crippen molar-refractivity contribution < 1.29 is 0 Å². The van der Waals surface area contributed by atoms with E-state index in [2.05, 4.69) is 19.1 Å². The van der Waals surface area contributed by atoms with Gasteiger partial charge in [-0.2, -0.15) is 0 Å². The summed E-state index contributed by atoms with van der Waals surface area (Å²) in [5.41, 5.74) is 10.4. The van der Waals surface area contributed by atoms with Gasteiger partial charge in [-0.3, -0.25) is 0 Å². The third-order valence-electron chi connectivity index (χ3n) is 3.71. The van der Waals surface area contributed by atoms with Crippen molar-refractivity contribution in [3.05, 3.63) is 34.3 Å². The van der Waals surface area contributed by atoms with Gasteiger partial charge in [0.2, 0.25) is 0 Å². The normalized spacial score (nSPS) is 18.7. The molecule has 1 heterocycles. The number of rotatable bonds is 1. The van der Waals surface area contributed by atoms with Gasteiger partial charge in [-0.25, -0.2) is 4.98 Å². The second kappa shape index (κ2) is 4.39. The Balaban J connectivity index is 2.00. The molecule has 0 spiro atoms. The highest BCUT2D eigenvalue weighted by Crippen LogP contribution is 2.35. The van der Waals surface area contributed by atoms with E-state index in [-0.39, 0.29) is 0 Å². The number of hydrogen-bond donors (Lipinski definition) is 1. The molecule has 2 N–H and O–H groups in total. The molecule has 18 heavy (non-hydrogen) atoms. The average molecular weight is 258 g/mol. The van der Waals surface area contributed by atoms with E-state index in [0.717, 1.165) is 34.2 Å². The highest BCUT2D eigenvalue weighted by Gasteiger charge is 2.20. The summed E-state index contributed by atoms with van der Waals surface area (Å²) in [4.78, 5) is 6.26. The summed E-state index contributed by atoms with van der Waals surface area (Å²) < 4.78 is 0. The zero-order valence-corrected chi connectivity index (χ0v) is 11.7. The Bertz CT molecular complexity index is 586. The van der Waals surface area contributed by atoms with E-state index in [1.165, 1.54) is 23.4 Å². The van der Waals surface area contributed by atoms with Gasteiger partial charge in [0.15, 0.2) is 0 Å². The molecule has 3 heteroatoms. The molecule has 2 aromatic rings. The lowest BCUT2D eigenvalue weighted by Gasteiger charge is -2.15. The molecule has 1 atom stereocenters. The van der Waals surface area contributed by atoms with E-state index in [9.17, 15) is 0 Å². The fraction of sp³-hybridized carbons (Fsp3) is 0.400. The molecule has 0 aliphatic heterocycles. The Morgan fingerprint density at radius 1 is 1.39 bits per heavy atom. The number of nitrogen functional groups attached to an aromatic ring is 1. The van der Waals surface area contributed by atoms with E-state index in [1.807, 2.05) is 24.3 Å². The maximum absolute atomic E-state index is 5.98. The van der Waals surface area contributed by atoms with Crippen LogP contribution in [0, 0.1) is 12.8 Å². The predicted molar refractivity (Wildman–Crippen MR) is 77.9 cm³/mol. The molecule has 0 fully saturated rings. The Morgan fingerprint density at radius 3 is 3.00 bits per heavy atom. The van der Waals surface area contributed by atoms with Crippen LogP contribution in [0.3, 0.4) is 0 Å². The summed E-state index contributed by atoms with van der Waals surface area (Å²) in [5.74, 6) is 0.800. The second-order valence-electron chi connectivity index (χ2n) is 5.31. The van der Waals surface area contributed by atoms with Crippen molar-refractivity contribution in [1.29, 1.82) is 0 Å². The molecule has 94 valence electrons. The molecule has 1 aliphatic rings. The van der Waals surface area contributed by atoms with Gasteiger partial charge in [0, 0.05) is 16.1 Å². The van der Waals surface area contributed by atoms with Crippen LogP contribution in [0.1, 0.15) is 29.5 Å². The number of aromatic nitrogens is 1. The Hall–Kier alpha value is -1.35. The van der Waals surface area contributed by atoms with E-state index in [1.54, 1.807) is 0 Å². The lowest BCUT2D eigenvalue weighted by molar-refractivity contribution is 0.502. The molecule has 3 rings (SSSR count). The van der Waals surface area contributed by atoms with Gasteiger partial charge in [-0.1, -0.05) is 19.1 Å². The van der Waals surface area contributed by atoms with Crippen LogP contribution >= 0.6 is 11.3 Å². The monoisotopic (exact) mass is 258 g/mol. The van der Waals surface area contributed by atoms with Gasteiger partial charge in [-0.15, -0.1) is 11.3 Å². The molecule has 0 saturated heterocycles. The van der Waals surface area contributed by atoms with Gasteiger partial charge in [0.1, 0.15) is 5.01 Å². The van der Waals surface area contributed by atoms with Crippen LogP contribution in [0.5, 0.6) is 0 Å². The van der Waals surface area contributed by atoms with Crippen molar-refractivity contribution in [2.24, 2.45) is 5.92 Å². The standard InChI is InChI=1S/C15H18N2S/c1-9-3-6-13-14(7-9)18-15(17-13)11-5-4-10(2)12(16)8-11/h4-5,8-9H,3,6-7,16H2,1-2H3. The number of benzene rings is 1. The lowest BCUT2D eigenvalue weighted by atomic mass is 9.93. The number of thiazole rings is 1. The first-order valence-electron chi connectivity index (χ1n) is 6.48. The molecule has 1 aromatic heterocycles. The second-order valence-corrected chi connectivity index (χ2v) is 6.39. The summed E-state index contributed by atoms with van der Waals surface area (Å²) in [6.45, 7) is 4.36. The minimum absolute atomic E-state index is 0.800. The smallest absolute Gasteiger partial charge is 0.123 e. The quantitative estimate of drug-likeness (QED) is 0.790. The maximum atomic E-state index is 5.98. The third-order valence-corrected chi connectivity index (χ3v) is 4.88. The molecule has 0 amide bonds. The SMILES string of the molecule is Cc1ccc(-c2nc3c(s2)CC(C)CC3)cc1N. The van der Waals surface area contributed by atoms with Crippen molar-refractivity contribution in [3.8, 4) is 10.6 Å². The molecule has 1 unspecified atom stereocenters. The van der Waals surface area contributed by atoms with Gasteiger partial charge in [0.05, 0.1) is 5.69 Å². The fourth-order valence-corrected chi connectivity index (χ4v) is 3.70. The first kappa shape index (κ1) is 11.7. The van der Waals surface area contributed by atoms with Crippen LogP contribution in [-0.2, 0) is 12.8 Å². The van der Waals surface area contributed by atoms with E-state index in [4.69, 9.17) is 10.7 Å². The lowest BCUT2D eigenvalue weighted by Crippen LogP contribution is -2.09. The van der Waals surface area contributed by atoms with E-state index < -0.39 is 0 Å². The summed E-state index contributed by atoms with van der Waals surface area (Å²) in [5, 5.41) is 1.13. The number of anilines is 1. The van der Waals surface area contributed by atoms with Crippen molar-refractivity contribution in [1.82, 2.24) is 4.98 Å². The van der Waals surface area contributed by atoms with Gasteiger partial charge < -0.3 is 5.73 Å².